The van der Waals surface area contributed by atoms with Crippen LogP contribution in [0.4, 0.5) is 4.79 Å². The van der Waals surface area contributed by atoms with Crippen LogP contribution in [0, 0.1) is 6.92 Å². The van der Waals surface area contributed by atoms with E-state index in [4.69, 9.17) is 4.52 Å². The standard InChI is InChI=1S/C19H26N4O2/c1-15-12-17(21-25-15)14-22(2)19(24)20-13-18(23-10-6-7-11-23)16-8-4-3-5-9-16/h3-5,8-9,12,18H,6-7,10-11,13-14H2,1-2H3,(H,20,24)/t18-/m0/s1. The van der Waals surface area contributed by atoms with Crippen molar-refractivity contribution < 1.29 is 9.32 Å². The minimum Gasteiger partial charge on any atom is -0.361 e. The number of nitrogens with zero attached hydrogens (tertiary/aromatic N) is 3. The van der Waals surface area contributed by atoms with Crippen LogP contribution in [0.15, 0.2) is 40.9 Å². The van der Waals surface area contributed by atoms with Gasteiger partial charge in [0.15, 0.2) is 0 Å². The first-order chi connectivity index (χ1) is 12.1. The summed E-state index contributed by atoms with van der Waals surface area (Å²) in [4.78, 5) is 16.5. The first-order valence-electron chi connectivity index (χ1n) is 8.83. The van der Waals surface area contributed by atoms with Crippen LogP contribution < -0.4 is 5.32 Å². The average molecular weight is 342 g/mol. The number of rotatable bonds is 6. The fourth-order valence-electron chi connectivity index (χ4n) is 3.31. The van der Waals surface area contributed by atoms with Gasteiger partial charge in [0.25, 0.3) is 0 Å². The highest BCUT2D eigenvalue weighted by Gasteiger charge is 2.24. The lowest BCUT2D eigenvalue weighted by Crippen LogP contribution is -2.42. The van der Waals surface area contributed by atoms with Crippen LogP contribution >= 0.6 is 0 Å². The van der Waals surface area contributed by atoms with Gasteiger partial charge in [-0.15, -0.1) is 0 Å². The Balaban J connectivity index is 1.59. The van der Waals surface area contributed by atoms with Gasteiger partial charge in [0, 0.05) is 19.7 Å². The molecule has 2 heterocycles. The van der Waals surface area contributed by atoms with E-state index in [0.717, 1.165) is 24.5 Å². The highest BCUT2D eigenvalue weighted by Crippen LogP contribution is 2.24. The molecule has 1 atom stereocenters. The number of nitrogens with one attached hydrogen (secondary N) is 1. The van der Waals surface area contributed by atoms with Crippen LogP contribution in [-0.2, 0) is 6.54 Å². The van der Waals surface area contributed by atoms with Gasteiger partial charge >= 0.3 is 6.03 Å². The summed E-state index contributed by atoms with van der Waals surface area (Å²) >= 11 is 0. The zero-order valence-corrected chi connectivity index (χ0v) is 14.9. The third-order valence-electron chi connectivity index (χ3n) is 4.64. The first kappa shape index (κ1) is 17.5. The number of likely N-dealkylation sites (tertiary alicyclic amines) is 1. The summed E-state index contributed by atoms with van der Waals surface area (Å²) in [5.74, 6) is 0.752. The molecule has 1 fully saturated rings. The van der Waals surface area contributed by atoms with E-state index < -0.39 is 0 Å². The predicted octanol–water partition coefficient (Wildman–Crippen LogP) is 2.96. The summed E-state index contributed by atoms with van der Waals surface area (Å²) in [6, 6.07) is 12.4. The molecule has 0 saturated carbocycles. The molecule has 1 aromatic heterocycles. The van der Waals surface area contributed by atoms with Crippen molar-refractivity contribution in [1.29, 1.82) is 0 Å². The Labute approximate surface area is 148 Å². The molecule has 1 aliphatic rings. The SMILES string of the molecule is Cc1cc(CN(C)C(=O)NC[C@@H](c2ccccc2)N2CCCC2)no1. The second kappa shape index (κ2) is 8.16. The third kappa shape index (κ3) is 4.60. The zero-order chi connectivity index (χ0) is 17.6. The van der Waals surface area contributed by atoms with E-state index in [1.165, 1.54) is 18.4 Å². The van der Waals surface area contributed by atoms with E-state index in [1.54, 1.807) is 11.9 Å². The molecule has 1 aliphatic heterocycles. The number of aryl methyl sites for hydroxylation is 1. The molecule has 0 unspecified atom stereocenters. The van der Waals surface area contributed by atoms with Gasteiger partial charge in [-0.25, -0.2) is 4.79 Å². The number of aromatic nitrogens is 1. The van der Waals surface area contributed by atoms with Crippen molar-refractivity contribution in [3.8, 4) is 0 Å². The van der Waals surface area contributed by atoms with Crippen molar-refractivity contribution in [3.63, 3.8) is 0 Å². The molecule has 6 nitrogen and oxygen atoms in total. The van der Waals surface area contributed by atoms with Gasteiger partial charge in [-0.3, -0.25) is 4.90 Å². The van der Waals surface area contributed by atoms with Crippen LogP contribution in [-0.4, -0.2) is 47.7 Å². The second-order valence-electron chi connectivity index (χ2n) is 6.64. The lowest BCUT2D eigenvalue weighted by atomic mass is 10.1. The van der Waals surface area contributed by atoms with Crippen molar-refractivity contribution in [2.45, 2.75) is 32.4 Å². The Morgan fingerprint density at radius 3 is 2.68 bits per heavy atom. The van der Waals surface area contributed by atoms with E-state index in [-0.39, 0.29) is 12.1 Å². The normalized spacial score (nSPS) is 15.9. The molecule has 1 saturated heterocycles. The molecule has 0 spiro atoms. The number of urea groups is 1. The highest BCUT2D eigenvalue weighted by molar-refractivity contribution is 5.73. The largest absolute Gasteiger partial charge is 0.361 e. The smallest absolute Gasteiger partial charge is 0.317 e. The van der Waals surface area contributed by atoms with Crippen molar-refractivity contribution in [2.75, 3.05) is 26.7 Å². The molecular weight excluding hydrogens is 316 g/mol. The Bertz CT molecular complexity index is 680. The maximum absolute atomic E-state index is 12.4. The fourth-order valence-corrected chi connectivity index (χ4v) is 3.31. The number of benzene rings is 1. The topological polar surface area (TPSA) is 61.6 Å². The van der Waals surface area contributed by atoms with E-state index in [2.05, 4.69) is 39.6 Å². The van der Waals surface area contributed by atoms with Gasteiger partial charge in [-0.2, -0.15) is 0 Å². The minimum atomic E-state index is -0.0965. The Morgan fingerprint density at radius 2 is 2.04 bits per heavy atom. The lowest BCUT2D eigenvalue weighted by Gasteiger charge is -2.29. The maximum atomic E-state index is 12.4. The zero-order valence-electron chi connectivity index (χ0n) is 14.9. The number of carbonyl (C=O) groups excluding carboxylic acids is 1. The monoisotopic (exact) mass is 342 g/mol. The summed E-state index contributed by atoms with van der Waals surface area (Å²) < 4.78 is 5.05. The summed E-state index contributed by atoms with van der Waals surface area (Å²) in [6.07, 6.45) is 2.45. The van der Waals surface area contributed by atoms with Crippen LogP contribution in [0.1, 0.15) is 35.9 Å². The molecule has 1 N–H and O–H groups in total. The molecule has 134 valence electrons. The Kier molecular flexibility index (Phi) is 5.71. The maximum Gasteiger partial charge on any atom is 0.317 e. The van der Waals surface area contributed by atoms with E-state index in [9.17, 15) is 4.79 Å². The quantitative estimate of drug-likeness (QED) is 0.877. The summed E-state index contributed by atoms with van der Waals surface area (Å²) in [5.41, 5.74) is 2.01. The van der Waals surface area contributed by atoms with Gasteiger partial charge in [0.1, 0.15) is 11.5 Å². The van der Waals surface area contributed by atoms with Crippen molar-refractivity contribution >= 4 is 6.03 Å². The average Bonchev–Trinajstić information content (AvgIpc) is 3.28. The predicted molar refractivity (Wildman–Crippen MR) is 96.1 cm³/mol. The Hall–Kier alpha value is -2.34. The molecule has 2 amide bonds. The van der Waals surface area contributed by atoms with Gasteiger partial charge < -0.3 is 14.7 Å². The van der Waals surface area contributed by atoms with Crippen LogP contribution in [0.5, 0.6) is 0 Å². The van der Waals surface area contributed by atoms with Crippen molar-refractivity contribution in [3.05, 3.63) is 53.4 Å². The summed E-state index contributed by atoms with van der Waals surface area (Å²) in [6.45, 7) is 5.05. The van der Waals surface area contributed by atoms with E-state index in [1.807, 2.05) is 19.1 Å². The van der Waals surface area contributed by atoms with Crippen LogP contribution in [0.3, 0.4) is 0 Å². The molecule has 6 heteroatoms. The van der Waals surface area contributed by atoms with Gasteiger partial charge in [-0.05, 0) is 38.4 Å². The summed E-state index contributed by atoms with van der Waals surface area (Å²) in [5, 5.41) is 7.01. The third-order valence-corrected chi connectivity index (χ3v) is 4.64. The van der Waals surface area contributed by atoms with Gasteiger partial charge in [0.05, 0.1) is 12.6 Å². The second-order valence-corrected chi connectivity index (χ2v) is 6.64. The van der Waals surface area contributed by atoms with E-state index >= 15 is 0 Å². The molecular formula is C19H26N4O2. The number of amides is 2. The molecule has 2 aromatic rings. The van der Waals surface area contributed by atoms with Crippen molar-refractivity contribution in [1.82, 2.24) is 20.3 Å². The van der Waals surface area contributed by atoms with Crippen molar-refractivity contribution in [2.24, 2.45) is 0 Å². The van der Waals surface area contributed by atoms with Crippen LogP contribution in [0.2, 0.25) is 0 Å². The van der Waals surface area contributed by atoms with E-state index in [0.29, 0.717) is 13.1 Å². The number of hydrogen-bond acceptors (Lipinski definition) is 4. The summed E-state index contributed by atoms with van der Waals surface area (Å²) in [7, 11) is 1.77. The minimum absolute atomic E-state index is 0.0965. The van der Waals surface area contributed by atoms with Gasteiger partial charge in [-0.1, -0.05) is 35.5 Å². The molecule has 1 aromatic carbocycles. The Morgan fingerprint density at radius 1 is 1.32 bits per heavy atom. The van der Waals surface area contributed by atoms with Gasteiger partial charge in [0.2, 0.25) is 0 Å². The molecule has 0 aliphatic carbocycles. The fraction of sp³-hybridized carbons (Fsp3) is 0.474. The number of hydrogen-bond donors (Lipinski definition) is 1. The van der Waals surface area contributed by atoms with Crippen LogP contribution in [0.25, 0.3) is 0 Å². The molecule has 25 heavy (non-hydrogen) atoms. The number of carbonyl (C=O) groups is 1. The molecule has 3 rings (SSSR count). The first-order valence-corrected chi connectivity index (χ1v) is 8.83. The highest BCUT2D eigenvalue weighted by atomic mass is 16.5. The molecule has 0 bridgehead atoms. The molecule has 0 radical (unpaired) electrons. The lowest BCUT2D eigenvalue weighted by molar-refractivity contribution is 0.194.